The minimum atomic E-state index is -3.37. The summed E-state index contributed by atoms with van der Waals surface area (Å²) in [6, 6.07) is 13.5. The average molecular weight is 550 g/mol. The molecular formula is C29H35N5O4S. The van der Waals surface area contributed by atoms with E-state index in [9.17, 15) is 13.2 Å². The first kappa shape index (κ1) is 25.9. The predicted octanol–water partition coefficient (Wildman–Crippen LogP) is 4.54. The van der Waals surface area contributed by atoms with Gasteiger partial charge >= 0.3 is 6.09 Å². The number of aryl methyl sites for hydroxylation is 1. The van der Waals surface area contributed by atoms with Gasteiger partial charge in [0.15, 0.2) is 9.84 Å². The molecule has 1 spiro atoms. The van der Waals surface area contributed by atoms with Crippen molar-refractivity contribution in [3.8, 4) is 0 Å². The van der Waals surface area contributed by atoms with Crippen LogP contribution in [0.1, 0.15) is 44.7 Å². The van der Waals surface area contributed by atoms with Crippen molar-refractivity contribution in [2.45, 2.75) is 63.6 Å². The monoisotopic (exact) mass is 549 g/mol. The van der Waals surface area contributed by atoms with Crippen LogP contribution in [0.25, 0.3) is 10.9 Å². The number of sulfone groups is 1. The Kier molecular flexibility index (Phi) is 6.02. The molecule has 3 aliphatic rings. The molecule has 2 aromatic carbocycles. The van der Waals surface area contributed by atoms with Gasteiger partial charge in [0.05, 0.1) is 16.2 Å². The van der Waals surface area contributed by atoms with Crippen LogP contribution in [0.15, 0.2) is 47.4 Å². The Bertz CT molecular complexity index is 1550. The Morgan fingerprint density at radius 2 is 1.85 bits per heavy atom. The second kappa shape index (κ2) is 9.08. The summed E-state index contributed by atoms with van der Waals surface area (Å²) in [5.41, 5.74) is 2.35. The third kappa shape index (κ3) is 5.02. The molecule has 2 fully saturated rings. The van der Waals surface area contributed by atoms with Crippen molar-refractivity contribution >= 4 is 38.6 Å². The van der Waals surface area contributed by atoms with Crippen LogP contribution in [-0.4, -0.2) is 66.4 Å². The fourth-order valence-corrected chi connectivity index (χ4v) is 7.47. The van der Waals surface area contributed by atoms with Crippen LogP contribution < -0.4 is 10.2 Å². The maximum atomic E-state index is 12.9. The highest BCUT2D eigenvalue weighted by molar-refractivity contribution is 7.91. The lowest BCUT2D eigenvalue weighted by atomic mass is 9.61. The summed E-state index contributed by atoms with van der Waals surface area (Å²) in [7, 11) is -3.37. The van der Waals surface area contributed by atoms with E-state index in [0.717, 1.165) is 53.8 Å². The maximum absolute atomic E-state index is 12.9. The smallest absolute Gasteiger partial charge is 0.410 e. The lowest BCUT2D eigenvalue weighted by Crippen LogP contribution is -2.66. The van der Waals surface area contributed by atoms with E-state index in [4.69, 9.17) is 14.7 Å². The molecule has 0 radical (unpaired) electrons. The van der Waals surface area contributed by atoms with Gasteiger partial charge in [0.2, 0.25) is 5.95 Å². The first-order valence-electron chi connectivity index (χ1n) is 13.5. The summed E-state index contributed by atoms with van der Waals surface area (Å²) in [4.78, 5) is 26.3. The number of benzene rings is 2. The average Bonchev–Trinajstić information content (AvgIpc) is 2.94. The molecule has 3 heterocycles. The van der Waals surface area contributed by atoms with Crippen LogP contribution >= 0.6 is 0 Å². The van der Waals surface area contributed by atoms with Gasteiger partial charge in [-0.15, -0.1) is 0 Å². The molecule has 39 heavy (non-hydrogen) atoms. The van der Waals surface area contributed by atoms with E-state index in [1.54, 1.807) is 17.0 Å². The van der Waals surface area contributed by atoms with Crippen LogP contribution in [0.3, 0.4) is 0 Å². The van der Waals surface area contributed by atoms with Crippen molar-refractivity contribution in [2.24, 2.45) is 5.41 Å². The second-order valence-electron chi connectivity index (χ2n) is 12.3. The molecule has 1 saturated heterocycles. The Labute approximate surface area is 229 Å². The Morgan fingerprint density at radius 3 is 2.59 bits per heavy atom. The van der Waals surface area contributed by atoms with Gasteiger partial charge in [-0.1, -0.05) is 29.8 Å². The van der Waals surface area contributed by atoms with Crippen molar-refractivity contribution in [1.82, 2.24) is 14.9 Å². The fraction of sp³-hybridized carbons (Fsp3) is 0.483. The fourth-order valence-electron chi connectivity index (χ4n) is 5.97. The van der Waals surface area contributed by atoms with Gasteiger partial charge in [0.1, 0.15) is 11.4 Å². The minimum absolute atomic E-state index is 0.0152. The topological polar surface area (TPSA) is 105 Å². The van der Waals surface area contributed by atoms with Crippen molar-refractivity contribution in [3.05, 3.63) is 53.6 Å². The van der Waals surface area contributed by atoms with Crippen LogP contribution in [0.5, 0.6) is 0 Å². The van der Waals surface area contributed by atoms with Gasteiger partial charge in [-0.25, -0.2) is 18.2 Å². The van der Waals surface area contributed by atoms with Crippen LogP contribution in [0.4, 0.5) is 16.6 Å². The van der Waals surface area contributed by atoms with Crippen LogP contribution in [0.2, 0.25) is 0 Å². The van der Waals surface area contributed by atoms with Crippen molar-refractivity contribution in [3.63, 3.8) is 0 Å². The lowest BCUT2D eigenvalue weighted by Gasteiger charge is -2.58. The zero-order chi connectivity index (χ0) is 27.6. The number of amides is 1. The molecule has 1 amide bonds. The molecular weight excluding hydrogens is 514 g/mol. The number of fused-ring (bicyclic) bond motifs is 2. The minimum Gasteiger partial charge on any atom is -0.444 e. The van der Waals surface area contributed by atoms with Gasteiger partial charge in [0, 0.05) is 43.0 Å². The molecule has 0 bridgehead atoms. The summed E-state index contributed by atoms with van der Waals surface area (Å²) < 4.78 is 31.3. The number of rotatable bonds is 3. The standard InChI is InChI=1S/C29H35N5O4S/c1-19-9-10-23-22(13-19)25(30-21-14-29(15-21)17-34(18-29)27(35)38-28(2,3)4)32-26(31-23)33-11-12-39(36,37)24-8-6-5-7-20(24)16-33/h5-10,13,21H,11-12,14-18H2,1-4H3,(H,30,31,32). The van der Waals surface area contributed by atoms with Gasteiger partial charge in [-0.2, -0.15) is 4.98 Å². The second-order valence-corrected chi connectivity index (χ2v) is 14.4. The van der Waals surface area contributed by atoms with E-state index in [-0.39, 0.29) is 23.3 Å². The van der Waals surface area contributed by atoms with Crippen LogP contribution in [0, 0.1) is 12.3 Å². The summed E-state index contributed by atoms with van der Waals surface area (Å²) in [6.07, 6.45) is 1.66. The number of carbonyl (C=O) groups excluding carboxylic acids is 1. The highest BCUT2D eigenvalue weighted by atomic mass is 32.2. The number of carbonyl (C=O) groups is 1. The van der Waals surface area contributed by atoms with Gasteiger partial charge in [0.25, 0.3) is 0 Å². The zero-order valence-corrected chi connectivity index (χ0v) is 23.7. The molecule has 1 saturated carbocycles. The third-order valence-corrected chi connectivity index (χ3v) is 9.61. The number of aromatic nitrogens is 2. The van der Waals surface area contributed by atoms with E-state index in [2.05, 4.69) is 11.4 Å². The number of likely N-dealkylation sites (tertiary alicyclic amines) is 1. The number of ether oxygens (including phenoxy) is 1. The molecule has 0 unspecified atom stereocenters. The van der Waals surface area contributed by atoms with Crippen molar-refractivity contribution in [2.75, 3.05) is 35.6 Å². The zero-order valence-electron chi connectivity index (χ0n) is 22.9. The number of hydrogen-bond donors (Lipinski definition) is 1. The molecule has 0 atom stereocenters. The van der Waals surface area contributed by atoms with E-state index in [1.165, 1.54) is 0 Å². The molecule has 206 valence electrons. The lowest BCUT2D eigenvalue weighted by molar-refractivity contribution is -0.0738. The largest absolute Gasteiger partial charge is 0.444 e. The Morgan fingerprint density at radius 1 is 1.10 bits per heavy atom. The number of anilines is 2. The number of hydrogen-bond acceptors (Lipinski definition) is 8. The molecule has 3 aromatic rings. The quantitative estimate of drug-likeness (QED) is 0.508. The third-order valence-electron chi connectivity index (χ3n) is 7.82. The van der Waals surface area contributed by atoms with Gasteiger partial charge < -0.3 is 19.9 Å². The van der Waals surface area contributed by atoms with E-state index >= 15 is 0 Å². The molecule has 1 aromatic heterocycles. The van der Waals surface area contributed by atoms with Crippen LogP contribution in [-0.2, 0) is 21.1 Å². The number of nitrogens with zero attached hydrogens (tertiary/aromatic N) is 4. The van der Waals surface area contributed by atoms with Gasteiger partial charge in [-0.3, -0.25) is 0 Å². The Hall–Kier alpha value is -3.40. The van der Waals surface area contributed by atoms with E-state index in [0.29, 0.717) is 23.9 Å². The first-order valence-corrected chi connectivity index (χ1v) is 15.1. The van der Waals surface area contributed by atoms with E-state index in [1.807, 2.05) is 56.9 Å². The van der Waals surface area contributed by atoms with E-state index < -0.39 is 15.4 Å². The SMILES string of the molecule is Cc1ccc2nc(N3CCS(=O)(=O)c4ccccc4C3)nc(NC3CC4(C3)CN(C(=O)OC(C)(C)C)C4)c2c1. The maximum Gasteiger partial charge on any atom is 0.410 e. The number of nitrogens with one attached hydrogen (secondary N) is 1. The summed E-state index contributed by atoms with van der Waals surface area (Å²) >= 11 is 0. The summed E-state index contributed by atoms with van der Waals surface area (Å²) in [5, 5.41) is 4.60. The molecule has 6 rings (SSSR count). The highest BCUT2D eigenvalue weighted by Gasteiger charge is 2.54. The molecule has 10 heteroatoms. The summed E-state index contributed by atoms with van der Waals surface area (Å²) in [6.45, 7) is 9.89. The van der Waals surface area contributed by atoms with Gasteiger partial charge in [-0.05, 0) is 64.3 Å². The Balaban J connectivity index is 1.21. The first-order chi connectivity index (χ1) is 18.4. The van der Waals surface area contributed by atoms with Crippen molar-refractivity contribution < 1.29 is 17.9 Å². The molecule has 9 nitrogen and oxygen atoms in total. The highest BCUT2D eigenvalue weighted by Crippen LogP contribution is 2.49. The molecule has 2 aliphatic heterocycles. The molecule has 1 aliphatic carbocycles. The normalized spacial score (nSPS) is 20.1. The van der Waals surface area contributed by atoms with Crippen molar-refractivity contribution in [1.29, 1.82) is 0 Å². The predicted molar refractivity (Wildman–Crippen MR) is 151 cm³/mol. The summed E-state index contributed by atoms with van der Waals surface area (Å²) in [5.74, 6) is 1.30. The molecule has 1 N–H and O–H groups in total.